The zero-order chi connectivity index (χ0) is 26.2. The summed E-state index contributed by atoms with van der Waals surface area (Å²) >= 11 is 0. The molecule has 3 aliphatic heterocycles. The van der Waals surface area contributed by atoms with Gasteiger partial charge in [0.15, 0.2) is 17.3 Å². The molecule has 192 valence electrons. The third-order valence-corrected chi connectivity index (χ3v) is 7.34. The number of rotatable bonds is 2. The van der Waals surface area contributed by atoms with Crippen molar-refractivity contribution in [3.8, 4) is 11.4 Å². The predicted molar refractivity (Wildman–Crippen MR) is 128 cm³/mol. The third kappa shape index (κ3) is 3.23. The van der Waals surface area contributed by atoms with Gasteiger partial charge in [-0.05, 0) is 31.9 Å². The summed E-state index contributed by atoms with van der Waals surface area (Å²) in [5.41, 5.74) is 0.439. The average molecular weight is 509 g/mol. The van der Waals surface area contributed by atoms with Crippen LogP contribution in [0.4, 0.5) is 20.7 Å². The second-order valence-corrected chi connectivity index (χ2v) is 9.82. The van der Waals surface area contributed by atoms with E-state index in [1.54, 1.807) is 43.3 Å². The number of imide groups is 2. The highest BCUT2D eigenvalue weighted by Gasteiger charge is 2.64. The summed E-state index contributed by atoms with van der Waals surface area (Å²) in [6.45, 7) is 3.27. The lowest BCUT2D eigenvalue weighted by atomic mass is 9.66. The molecule has 0 radical (unpaired) electrons. The van der Waals surface area contributed by atoms with Crippen LogP contribution in [0.25, 0.3) is 22.4 Å². The summed E-state index contributed by atoms with van der Waals surface area (Å²) in [7, 11) is 3.67. The topological polar surface area (TPSA) is 143 Å². The molecule has 3 aromatic rings. The molecular formula is C24H24FN7O5. The number of urea groups is 1. The van der Waals surface area contributed by atoms with Crippen LogP contribution in [-0.2, 0) is 20.7 Å². The van der Waals surface area contributed by atoms with Gasteiger partial charge in [0.05, 0.1) is 29.9 Å². The molecule has 4 amide bonds. The summed E-state index contributed by atoms with van der Waals surface area (Å²) in [5.74, 6) is -0.978. The molecule has 2 N–H and O–H groups in total. The Balaban J connectivity index is 1.56. The molecule has 4 atom stereocenters. The van der Waals surface area contributed by atoms with Crippen LogP contribution in [0.15, 0.2) is 29.0 Å². The first kappa shape index (κ1) is 23.3. The number of aromatic nitrogens is 3. The van der Waals surface area contributed by atoms with E-state index in [9.17, 15) is 14.4 Å². The van der Waals surface area contributed by atoms with Crippen LogP contribution in [0.5, 0.6) is 0 Å². The van der Waals surface area contributed by atoms with E-state index in [-0.39, 0.29) is 6.42 Å². The fourth-order valence-electron chi connectivity index (χ4n) is 5.67. The summed E-state index contributed by atoms with van der Waals surface area (Å²) < 4.78 is 27.2. The highest BCUT2D eigenvalue weighted by molar-refractivity contribution is 6.20. The van der Waals surface area contributed by atoms with E-state index >= 15 is 4.39 Å². The molecule has 3 aliphatic rings. The Labute approximate surface area is 210 Å². The van der Waals surface area contributed by atoms with Crippen LogP contribution >= 0.6 is 0 Å². The molecule has 2 fully saturated rings. The van der Waals surface area contributed by atoms with Gasteiger partial charge in [-0.1, -0.05) is 5.16 Å². The van der Waals surface area contributed by atoms with Crippen molar-refractivity contribution >= 4 is 40.3 Å². The minimum Gasteiger partial charge on any atom is -0.368 e. The summed E-state index contributed by atoms with van der Waals surface area (Å²) in [5, 5.41) is 9.16. The number of carbonyl (C=O) groups excluding carboxylic acids is 3. The molecule has 13 heteroatoms. The fraction of sp³-hybridized carbons (Fsp3) is 0.417. The number of hydrogen-bond donors (Lipinski definition) is 2. The van der Waals surface area contributed by atoms with Gasteiger partial charge in [-0.3, -0.25) is 25.2 Å². The molecule has 0 bridgehead atoms. The first-order chi connectivity index (χ1) is 17.6. The Morgan fingerprint density at radius 3 is 2.54 bits per heavy atom. The van der Waals surface area contributed by atoms with Crippen molar-refractivity contribution in [1.82, 2.24) is 25.8 Å². The van der Waals surface area contributed by atoms with Gasteiger partial charge >= 0.3 is 6.03 Å². The van der Waals surface area contributed by atoms with Crippen LogP contribution in [0.3, 0.4) is 0 Å². The largest absolute Gasteiger partial charge is 0.368 e. The van der Waals surface area contributed by atoms with Gasteiger partial charge in [0.25, 0.3) is 0 Å². The molecule has 37 heavy (non-hydrogen) atoms. The lowest BCUT2D eigenvalue weighted by molar-refractivity contribution is -0.159. The quantitative estimate of drug-likeness (QED) is 0.386. The number of anilines is 2. The zero-order valence-corrected chi connectivity index (χ0v) is 20.5. The Bertz CT molecular complexity index is 1450. The van der Waals surface area contributed by atoms with Gasteiger partial charge in [-0.25, -0.2) is 14.2 Å². The molecule has 2 saturated heterocycles. The van der Waals surface area contributed by atoms with Crippen LogP contribution in [-0.4, -0.2) is 71.6 Å². The van der Waals surface area contributed by atoms with Crippen molar-refractivity contribution in [2.75, 3.05) is 23.9 Å². The monoisotopic (exact) mass is 509 g/mol. The summed E-state index contributed by atoms with van der Waals surface area (Å²) in [4.78, 5) is 50.6. The van der Waals surface area contributed by atoms with E-state index < -0.39 is 47.8 Å². The Kier molecular flexibility index (Phi) is 4.99. The number of benzene rings is 1. The number of fused-ring (bicyclic) bond motifs is 5. The molecule has 1 aromatic carbocycles. The molecule has 1 unspecified atom stereocenters. The lowest BCUT2D eigenvalue weighted by Gasteiger charge is -2.56. The zero-order valence-electron chi connectivity index (χ0n) is 20.5. The minimum atomic E-state index is -1.81. The third-order valence-electron chi connectivity index (χ3n) is 7.34. The van der Waals surface area contributed by atoms with Gasteiger partial charge < -0.3 is 19.1 Å². The number of barbiturate groups is 1. The number of hydrogen-bond acceptors (Lipinski definition) is 10. The van der Waals surface area contributed by atoms with Crippen LogP contribution < -0.4 is 20.4 Å². The molecule has 2 aromatic heterocycles. The number of carbonyl (C=O) groups is 3. The fourth-order valence-corrected chi connectivity index (χ4v) is 5.67. The van der Waals surface area contributed by atoms with Crippen molar-refractivity contribution in [1.29, 1.82) is 0 Å². The SMILES string of the molecule is C[C@@H]1O[C@H](C)C(F)N2c3cc4onc(-c5cncc(N(C)C)n5)c4cc3CC3(C(=O)NC(=O)NC3=O)[C@@H]12. The second kappa shape index (κ2) is 7.93. The van der Waals surface area contributed by atoms with E-state index in [0.717, 1.165) is 0 Å². The highest BCUT2D eigenvalue weighted by atomic mass is 19.1. The molecule has 12 nitrogen and oxygen atoms in total. The molecule has 5 heterocycles. The van der Waals surface area contributed by atoms with Crippen molar-refractivity contribution in [2.24, 2.45) is 5.41 Å². The molecule has 6 rings (SSSR count). The molecule has 0 aliphatic carbocycles. The maximum atomic E-state index is 15.8. The predicted octanol–water partition coefficient (Wildman–Crippen LogP) is 1.54. The standard InChI is InChI=1S/C24H24FN7O5/c1-10-19-24(21(33)28-23(35)29-22(24)34)7-12-5-13-16(6-15(12)32(19)20(25)11(2)36-10)37-30-18(13)14-8-26-9-17(27-14)31(3)4/h5-6,8-11,19-20H,7H2,1-4H3,(H2,28,29,33,34,35)/t10-,11+,19+,20?/m0/s1. The van der Waals surface area contributed by atoms with E-state index in [4.69, 9.17) is 9.26 Å². The van der Waals surface area contributed by atoms with Gasteiger partial charge in [-0.15, -0.1) is 0 Å². The van der Waals surface area contributed by atoms with Crippen LogP contribution in [0.2, 0.25) is 0 Å². The number of morpholine rings is 1. The second-order valence-electron chi connectivity index (χ2n) is 9.82. The maximum Gasteiger partial charge on any atom is 0.328 e. The van der Waals surface area contributed by atoms with Gasteiger partial charge in [-0.2, -0.15) is 0 Å². The van der Waals surface area contributed by atoms with Crippen molar-refractivity contribution in [2.45, 2.75) is 44.8 Å². The first-order valence-electron chi connectivity index (χ1n) is 11.8. The van der Waals surface area contributed by atoms with Gasteiger partial charge in [0.2, 0.25) is 11.8 Å². The lowest BCUT2D eigenvalue weighted by Crippen LogP contribution is -2.76. The number of nitrogens with one attached hydrogen (secondary N) is 2. The Morgan fingerprint density at radius 2 is 1.84 bits per heavy atom. The van der Waals surface area contributed by atoms with E-state index in [1.165, 1.54) is 4.90 Å². The molecule has 1 spiro atoms. The number of alkyl halides is 1. The Hall–Kier alpha value is -4.13. The van der Waals surface area contributed by atoms with Gasteiger partial charge in [0, 0.05) is 25.8 Å². The van der Waals surface area contributed by atoms with E-state index in [0.29, 0.717) is 39.4 Å². The Morgan fingerprint density at radius 1 is 1.11 bits per heavy atom. The number of halogens is 1. The average Bonchev–Trinajstić information content (AvgIpc) is 3.26. The van der Waals surface area contributed by atoms with Crippen molar-refractivity contribution in [3.05, 3.63) is 30.1 Å². The smallest absolute Gasteiger partial charge is 0.328 e. The highest BCUT2D eigenvalue weighted by Crippen LogP contribution is 2.50. The molecular weight excluding hydrogens is 485 g/mol. The number of amides is 4. The van der Waals surface area contributed by atoms with Crippen LogP contribution in [0, 0.1) is 5.41 Å². The summed E-state index contributed by atoms with van der Waals surface area (Å²) in [6.07, 6.45) is -0.134. The van der Waals surface area contributed by atoms with Crippen LogP contribution in [0.1, 0.15) is 19.4 Å². The van der Waals surface area contributed by atoms with E-state index in [2.05, 4.69) is 25.8 Å². The van der Waals surface area contributed by atoms with Crippen molar-refractivity contribution < 1.29 is 28.0 Å². The van der Waals surface area contributed by atoms with E-state index in [1.807, 2.05) is 14.1 Å². The normalized spacial score (nSPS) is 26.5. The minimum absolute atomic E-state index is 0.0901. The first-order valence-corrected chi connectivity index (χ1v) is 11.8. The molecule has 0 saturated carbocycles. The van der Waals surface area contributed by atoms with Crippen molar-refractivity contribution in [3.63, 3.8) is 0 Å². The summed E-state index contributed by atoms with van der Waals surface area (Å²) in [6, 6.07) is 1.46. The van der Waals surface area contributed by atoms with Gasteiger partial charge in [0.1, 0.15) is 23.3 Å². The number of ether oxygens (including phenoxy) is 1. The number of nitrogens with zero attached hydrogens (tertiary/aromatic N) is 5. The maximum absolute atomic E-state index is 15.8.